The molecule has 0 spiro atoms. The van der Waals surface area contributed by atoms with Gasteiger partial charge in [-0.05, 0) is 62.1 Å². The van der Waals surface area contributed by atoms with Crippen molar-refractivity contribution in [2.75, 3.05) is 26.8 Å². The minimum absolute atomic E-state index is 0.142. The standard InChI is InChI=1S/C23H26FNO4/c1-3-29-22(27)23(15-17-8-10-19(24)11-9-17)12-5-13-25(16-23)21(26)18-6-4-7-20(14-18)28-2/h4,6-11,14H,3,5,12-13,15-16H2,1-2H3/t23-/m0/s1. The van der Waals surface area contributed by atoms with Crippen molar-refractivity contribution in [3.8, 4) is 5.75 Å². The summed E-state index contributed by atoms with van der Waals surface area (Å²) >= 11 is 0. The Morgan fingerprint density at radius 2 is 1.93 bits per heavy atom. The number of rotatable bonds is 6. The highest BCUT2D eigenvalue weighted by Gasteiger charge is 2.45. The van der Waals surface area contributed by atoms with E-state index in [-0.39, 0.29) is 30.8 Å². The molecule has 0 bridgehead atoms. The van der Waals surface area contributed by atoms with Gasteiger partial charge < -0.3 is 14.4 Å². The predicted octanol–water partition coefficient (Wildman–Crippen LogP) is 3.86. The highest BCUT2D eigenvalue weighted by Crippen LogP contribution is 2.36. The number of esters is 1. The van der Waals surface area contributed by atoms with E-state index in [4.69, 9.17) is 9.47 Å². The number of ether oxygens (including phenoxy) is 2. The summed E-state index contributed by atoms with van der Waals surface area (Å²) in [5.41, 5.74) is 0.515. The van der Waals surface area contributed by atoms with Crippen LogP contribution in [0.2, 0.25) is 0 Å². The van der Waals surface area contributed by atoms with Gasteiger partial charge >= 0.3 is 5.97 Å². The molecule has 2 aromatic carbocycles. The number of methoxy groups -OCH3 is 1. The maximum atomic E-state index is 13.3. The lowest BCUT2D eigenvalue weighted by atomic mass is 9.75. The Hall–Kier alpha value is -2.89. The van der Waals surface area contributed by atoms with E-state index in [0.717, 1.165) is 5.56 Å². The van der Waals surface area contributed by atoms with Crippen LogP contribution in [0.15, 0.2) is 48.5 Å². The number of nitrogens with zero attached hydrogens (tertiary/aromatic N) is 1. The number of carbonyl (C=O) groups excluding carboxylic acids is 2. The SMILES string of the molecule is CCOC(=O)[C@]1(Cc2ccc(F)cc2)CCCN(C(=O)c2cccc(OC)c2)C1. The third kappa shape index (κ3) is 4.75. The third-order valence-electron chi connectivity index (χ3n) is 5.35. The van der Waals surface area contributed by atoms with E-state index in [1.165, 1.54) is 12.1 Å². The molecule has 0 aromatic heterocycles. The van der Waals surface area contributed by atoms with Gasteiger partial charge in [-0.3, -0.25) is 9.59 Å². The summed E-state index contributed by atoms with van der Waals surface area (Å²) in [4.78, 5) is 27.8. The summed E-state index contributed by atoms with van der Waals surface area (Å²) in [6.45, 7) is 2.87. The number of benzene rings is 2. The van der Waals surface area contributed by atoms with Crippen molar-refractivity contribution in [2.24, 2.45) is 5.41 Å². The average molecular weight is 399 g/mol. The molecule has 154 valence electrons. The van der Waals surface area contributed by atoms with Crippen LogP contribution in [0.1, 0.15) is 35.7 Å². The van der Waals surface area contributed by atoms with Gasteiger partial charge in [-0.2, -0.15) is 0 Å². The summed E-state index contributed by atoms with van der Waals surface area (Å²) < 4.78 is 23.9. The molecule has 1 aliphatic heterocycles. The van der Waals surface area contributed by atoms with Crippen LogP contribution >= 0.6 is 0 Å². The van der Waals surface area contributed by atoms with Crippen LogP contribution in [-0.2, 0) is 16.0 Å². The van der Waals surface area contributed by atoms with Crippen LogP contribution in [0.4, 0.5) is 4.39 Å². The van der Waals surface area contributed by atoms with Gasteiger partial charge in [-0.1, -0.05) is 18.2 Å². The van der Waals surface area contributed by atoms with Gasteiger partial charge in [0.1, 0.15) is 11.6 Å². The zero-order chi connectivity index (χ0) is 20.9. The van der Waals surface area contributed by atoms with Gasteiger partial charge in [0.25, 0.3) is 5.91 Å². The maximum absolute atomic E-state index is 13.3. The molecular weight excluding hydrogens is 373 g/mol. The Morgan fingerprint density at radius 3 is 2.62 bits per heavy atom. The molecular formula is C23H26FNO4. The molecule has 1 heterocycles. The van der Waals surface area contributed by atoms with Gasteiger partial charge in [-0.15, -0.1) is 0 Å². The second-order valence-electron chi connectivity index (χ2n) is 7.37. The second kappa shape index (κ2) is 9.07. The van der Waals surface area contributed by atoms with E-state index in [2.05, 4.69) is 0 Å². The lowest BCUT2D eigenvalue weighted by Crippen LogP contribution is -2.51. The number of hydrogen-bond acceptors (Lipinski definition) is 4. The molecule has 1 aliphatic rings. The highest BCUT2D eigenvalue weighted by molar-refractivity contribution is 5.95. The molecule has 0 aliphatic carbocycles. The topological polar surface area (TPSA) is 55.8 Å². The molecule has 1 atom stereocenters. The molecule has 29 heavy (non-hydrogen) atoms. The molecule has 1 amide bonds. The summed E-state index contributed by atoms with van der Waals surface area (Å²) in [6, 6.07) is 13.1. The number of carbonyl (C=O) groups is 2. The lowest BCUT2D eigenvalue weighted by molar-refractivity contribution is -0.158. The first-order valence-corrected chi connectivity index (χ1v) is 9.82. The fourth-order valence-electron chi connectivity index (χ4n) is 3.90. The van der Waals surface area contributed by atoms with Gasteiger partial charge in [-0.25, -0.2) is 4.39 Å². The predicted molar refractivity (Wildman–Crippen MR) is 107 cm³/mol. The van der Waals surface area contributed by atoms with E-state index >= 15 is 0 Å². The minimum Gasteiger partial charge on any atom is -0.497 e. The fraction of sp³-hybridized carbons (Fsp3) is 0.391. The van der Waals surface area contributed by atoms with Gasteiger partial charge in [0.2, 0.25) is 0 Å². The smallest absolute Gasteiger partial charge is 0.314 e. The Labute approximate surface area is 170 Å². The van der Waals surface area contributed by atoms with E-state index < -0.39 is 5.41 Å². The average Bonchev–Trinajstić information content (AvgIpc) is 2.75. The molecule has 3 rings (SSSR count). The number of amides is 1. The van der Waals surface area contributed by atoms with Crippen molar-refractivity contribution < 1.29 is 23.5 Å². The summed E-state index contributed by atoms with van der Waals surface area (Å²) in [5.74, 6) is -0.169. The van der Waals surface area contributed by atoms with Gasteiger partial charge in [0.15, 0.2) is 0 Å². The van der Waals surface area contributed by atoms with E-state index in [0.29, 0.717) is 37.1 Å². The van der Waals surface area contributed by atoms with Crippen LogP contribution in [0, 0.1) is 11.2 Å². The molecule has 2 aromatic rings. The first-order valence-electron chi connectivity index (χ1n) is 9.82. The van der Waals surface area contributed by atoms with E-state index in [1.807, 2.05) is 0 Å². The lowest BCUT2D eigenvalue weighted by Gasteiger charge is -2.41. The zero-order valence-corrected chi connectivity index (χ0v) is 16.8. The highest BCUT2D eigenvalue weighted by atomic mass is 19.1. The van der Waals surface area contributed by atoms with Crippen LogP contribution in [0.5, 0.6) is 5.75 Å². The quantitative estimate of drug-likeness (QED) is 0.692. The van der Waals surface area contributed by atoms with Gasteiger partial charge in [0.05, 0.1) is 19.1 Å². The first kappa shape index (κ1) is 20.8. The van der Waals surface area contributed by atoms with Crippen molar-refractivity contribution in [2.45, 2.75) is 26.2 Å². The van der Waals surface area contributed by atoms with Crippen LogP contribution in [0.3, 0.4) is 0 Å². The largest absolute Gasteiger partial charge is 0.497 e. The zero-order valence-electron chi connectivity index (χ0n) is 16.8. The van der Waals surface area contributed by atoms with Crippen LogP contribution in [0.25, 0.3) is 0 Å². The summed E-state index contributed by atoms with van der Waals surface area (Å²) in [7, 11) is 1.55. The number of piperidine rings is 1. The fourth-order valence-corrected chi connectivity index (χ4v) is 3.90. The van der Waals surface area contributed by atoms with Crippen LogP contribution in [-0.4, -0.2) is 43.6 Å². The monoisotopic (exact) mass is 399 g/mol. The Morgan fingerprint density at radius 1 is 1.17 bits per heavy atom. The van der Waals surface area contributed by atoms with Crippen molar-refractivity contribution in [1.82, 2.24) is 4.90 Å². The third-order valence-corrected chi connectivity index (χ3v) is 5.35. The maximum Gasteiger partial charge on any atom is 0.314 e. The van der Waals surface area contributed by atoms with Crippen LogP contribution < -0.4 is 4.74 Å². The molecule has 0 radical (unpaired) electrons. The van der Waals surface area contributed by atoms with Crippen molar-refractivity contribution >= 4 is 11.9 Å². The normalized spacial score (nSPS) is 18.9. The molecule has 5 nitrogen and oxygen atoms in total. The minimum atomic E-state index is -0.847. The first-order chi connectivity index (χ1) is 14.0. The Kier molecular flexibility index (Phi) is 6.52. The van der Waals surface area contributed by atoms with Crippen molar-refractivity contribution in [3.63, 3.8) is 0 Å². The number of hydrogen-bond donors (Lipinski definition) is 0. The van der Waals surface area contributed by atoms with Crippen molar-refractivity contribution in [1.29, 1.82) is 0 Å². The second-order valence-corrected chi connectivity index (χ2v) is 7.37. The molecule has 6 heteroatoms. The molecule has 1 fully saturated rings. The molecule has 0 saturated carbocycles. The molecule has 1 saturated heterocycles. The summed E-state index contributed by atoms with van der Waals surface area (Å²) in [6.07, 6.45) is 1.70. The molecule has 0 unspecified atom stereocenters. The Balaban J connectivity index is 1.87. The number of halogens is 1. The van der Waals surface area contributed by atoms with Crippen molar-refractivity contribution in [3.05, 3.63) is 65.5 Å². The van der Waals surface area contributed by atoms with Gasteiger partial charge in [0, 0.05) is 18.7 Å². The summed E-state index contributed by atoms with van der Waals surface area (Å²) in [5, 5.41) is 0. The number of likely N-dealkylation sites (tertiary alicyclic amines) is 1. The van der Waals surface area contributed by atoms with E-state index in [1.54, 1.807) is 55.3 Å². The van der Waals surface area contributed by atoms with E-state index in [9.17, 15) is 14.0 Å². The molecule has 0 N–H and O–H groups in total. The Bertz CT molecular complexity index is 867.